The summed E-state index contributed by atoms with van der Waals surface area (Å²) in [6, 6.07) is 0. The maximum Gasteiger partial charge on any atom is 0.315 e. The first-order valence-corrected chi connectivity index (χ1v) is 12.2. The summed E-state index contributed by atoms with van der Waals surface area (Å²) in [5.41, 5.74) is 2.72. The molecule has 2 N–H and O–H groups in total. The van der Waals surface area contributed by atoms with Crippen molar-refractivity contribution in [2.24, 2.45) is 34.0 Å². The lowest BCUT2D eigenvalue weighted by atomic mass is 9.59. The number of piperidine rings is 2. The molecule has 162 valence electrons. The van der Waals surface area contributed by atoms with Gasteiger partial charge < -0.3 is 14.5 Å². The summed E-state index contributed by atoms with van der Waals surface area (Å²) in [4.78, 5) is 16.3. The van der Waals surface area contributed by atoms with Crippen LogP contribution in [0.1, 0.15) is 59.8 Å². The third kappa shape index (κ3) is 3.39. The molecule has 4 heteroatoms. The van der Waals surface area contributed by atoms with E-state index in [1.807, 2.05) is 0 Å². The molecule has 4 nitrogen and oxygen atoms in total. The lowest BCUT2D eigenvalue weighted by Gasteiger charge is -2.52. The van der Waals surface area contributed by atoms with Gasteiger partial charge in [0.1, 0.15) is 12.0 Å². The number of quaternary nitrogens is 2. The highest BCUT2D eigenvalue weighted by Gasteiger charge is 2.56. The summed E-state index contributed by atoms with van der Waals surface area (Å²) in [7, 11) is 2.36. The Morgan fingerprint density at radius 3 is 2.52 bits per heavy atom. The van der Waals surface area contributed by atoms with E-state index in [2.05, 4.69) is 40.8 Å². The number of carbonyl (C=O) groups excluding carboxylic acids is 1. The van der Waals surface area contributed by atoms with Crippen molar-refractivity contribution < 1.29 is 19.3 Å². The normalized spacial score (nSPS) is 54.2. The molecule has 9 atom stereocenters. The van der Waals surface area contributed by atoms with Crippen molar-refractivity contribution in [1.29, 1.82) is 0 Å². The molecule has 3 aliphatic heterocycles. The van der Waals surface area contributed by atoms with Crippen molar-refractivity contribution in [2.45, 2.75) is 65.9 Å². The van der Waals surface area contributed by atoms with Crippen molar-refractivity contribution in [3.63, 3.8) is 0 Å². The van der Waals surface area contributed by atoms with E-state index >= 15 is 0 Å². The number of carbonyl (C=O) groups is 1. The average molecular weight is 403 g/mol. The predicted octanol–water partition coefficient (Wildman–Crippen LogP) is 1.13. The number of esters is 1. The molecule has 0 aromatic carbocycles. The Morgan fingerprint density at radius 2 is 1.83 bits per heavy atom. The SMILES string of the molecule is C[C@@H]1CCC[C@]2(C)C[C@H]3OC(=O)[C@@H](C[NH+]4C[C@]5(C)C[NH+](C)C[C@](C)(C4)C5)[C@H]3C=C12. The molecule has 0 spiro atoms. The predicted molar refractivity (Wildman–Crippen MR) is 114 cm³/mol. The number of ether oxygens (including phenoxy) is 1. The minimum atomic E-state index is 0.0669. The quantitative estimate of drug-likeness (QED) is 0.537. The molecule has 5 aliphatic rings. The minimum Gasteiger partial charge on any atom is -0.461 e. The first kappa shape index (κ1) is 20.1. The van der Waals surface area contributed by atoms with Crippen molar-refractivity contribution in [3.05, 3.63) is 11.6 Å². The smallest absolute Gasteiger partial charge is 0.315 e. The van der Waals surface area contributed by atoms with E-state index in [4.69, 9.17) is 4.74 Å². The molecule has 0 amide bonds. The largest absolute Gasteiger partial charge is 0.461 e. The van der Waals surface area contributed by atoms with Gasteiger partial charge in [-0.15, -0.1) is 0 Å². The first-order chi connectivity index (χ1) is 13.6. The van der Waals surface area contributed by atoms with Gasteiger partial charge in [0.2, 0.25) is 0 Å². The van der Waals surface area contributed by atoms with Gasteiger partial charge in [-0.3, -0.25) is 4.79 Å². The molecule has 2 aliphatic carbocycles. The van der Waals surface area contributed by atoms with Gasteiger partial charge in [-0.1, -0.05) is 31.9 Å². The molecule has 2 unspecified atom stereocenters. The number of likely N-dealkylation sites (tertiary alicyclic amines) is 2. The van der Waals surface area contributed by atoms with Gasteiger partial charge in [-0.05, 0) is 50.9 Å². The van der Waals surface area contributed by atoms with Crippen LogP contribution in [0.4, 0.5) is 0 Å². The van der Waals surface area contributed by atoms with Crippen molar-refractivity contribution in [2.75, 3.05) is 39.8 Å². The Labute approximate surface area is 177 Å². The number of hydrogen-bond donors (Lipinski definition) is 2. The fourth-order valence-electron chi connectivity index (χ4n) is 8.93. The average Bonchev–Trinajstić information content (AvgIpc) is 2.84. The van der Waals surface area contributed by atoms with Gasteiger partial charge in [0.15, 0.2) is 0 Å². The monoisotopic (exact) mass is 402 g/mol. The van der Waals surface area contributed by atoms with E-state index in [9.17, 15) is 4.79 Å². The molecule has 3 heterocycles. The molecule has 2 bridgehead atoms. The van der Waals surface area contributed by atoms with Crippen LogP contribution in [0.2, 0.25) is 0 Å². The summed E-state index contributed by atoms with van der Waals surface area (Å²) >= 11 is 0. The van der Waals surface area contributed by atoms with Crippen LogP contribution in [-0.2, 0) is 9.53 Å². The van der Waals surface area contributed by atoms with E-state index in [0.717, 1.165) is 13.0 Å². The molecule has 5 rings (SSSR count). The summed E-state index contributed by atoms with van der Waals surface area (Å²) < 4.78 is 6.03. The highest BCUT2D eigenvalue weighted by Crippen LogP contribution is 2.53. The molecular formula is C25H42N2O2+2. The van der Waals surface area contributed by atoms with Crippen molar-refractivity contribution >= 4 is 5.97 Å². The summed E-state index contributed by atoms with van der Waals surface area (Å²) in [6.45, 7) is 15.7. The Kier molecular flexibility index (Phi) is 4.54. The Hall–Kier alpha value is -0.870. The van der Waals surface area contributed by atoms with Gasteiger partial charge in [-0.2, -0.15) is 0 Å². The van der Waals surface area contributed by atoms with E-state index < -0.39 is 0 Å². The molecule has 0 aromatic heterocycles. The molecule has 0 aromatic rings. The second kappa shape index (κ2) is 6.56. The minimum absolute atomic E-state index is 0.0669. The maximum absolute atomic E-state index is 13.0. The summed E-state index contributed by atoms with van der Waals surface area (Å²) in [5, 5.41) is 0. The third-order valence-corrected chi connectivity index (χ3v) is 9.25. The van der Waals surface area contributed by atoms with Gasteiger partial charge in [-0.25, -0.2) is 0 Å². The van der Waals surface area contributed by atoms with Crippen molar-refractivity contribution in [3.8, 4) is 0 Å². The Balaban J connectivity index is 1.37. The van der Waals surface area contributed by atoms with Crippen LogP contribution in [0.25, 0.3) is 0 Å². The molecule has 0 radical (unpaired) electrons. The molecule has 29 heavy (non-hydrogen) atoms. The van der Waals surface area contributed by atoms with Crippen LogP contribution in [0.5, 0.6) is 0 Å². The van der Waals surface area contributed by atoms with E-state index in [-0.39, 0.29) is 23.4 Å². The van der Waals surface area contributed by atoms with Crippen LogP contribution < -0.4 is 9.80 Å². The fourth-order valence-corrected chi connectivity index (χ4v) is 8.93. The summed E-state index contributed by atoms with van der Waals surface area (Å²) in [6.07, 6.45) is 8.93. The van der Waals surface area contributed by atoms with Crippen LogP contribution in [-0.4, -0.2) is 51.8 Å². The zero-order valence-corrected chi connectivity index (χ0v) is 19.3. The van der Waals surface area contributed by atoms with Gasteiger partial charge >= 0.3 is 5.97 Å². The van der Waals surface area contributed by atoms with Gasteiger partial charge in [0.05, 0.1) is 50.6 Å². The highest BCUT2D eigenvalue weighted by molar-refractivity contribution is 5.76. The molecule has 4 fully saturated rings. The zero-order valence-electron chi connectivity index (χ0n) is 19.3. The number of allylic oxidation sites excluding steroid dienone is 1. The number of rotatable bonds is 2. The molecule has 3 saturated heterocycles. The zero-order chi connectivity index (χ0) is 20.6. The lowest BCUT2D eigenvalue weighted by Crippen LogP contribution is -3.23. The maximum atomic E-state index is 13.0. The number of nitrogens with one attached hydrogen (secondary N) is 2. The number of hydrogen-bond acceptors (Lipinski definition) is 2. The second-order valence-corrected chi connectivity index (χ2v) is 12.8. The fraction of sp³-hybridized carbons (Fsp3) is 0.880. The topological polar surface area (TPSA) is 35.2 Å². The van der Waals surface area contributed by atoms with Crippen molar-refractivity contribution in [1.82, 2.24) is 0 Å². The van der Waals surface area contributed by atoms with Crippen LogP contribution in [0.3, 0.4) is 0 Å². The Morgan fingerprint density at radius 1 is 1.14 bits per heavy atom. The van der Waals surface area contributed by atoms with E-state index in [1.54, 1.807) is 15.4 Å². The lowest BCUT2D eigenvalue weighted by molar-refractivity contribution is -0.966. The molecule has 1 saturated carbocycles. The standard InChI is InChI=1S/C25H40N2O2/c1-17-7-6-8-25(4)10-21-18(9-20(17)25)19(22(28)29-21)11-27-15-23(2)12-24(3,16-27)14-26(5)13-23/h9,17-19,21H,6-8,10-16H2,1-5H3/p+2/t17-,18-,19+,21-,23-,24+,25-/m1/s1. The highest BCUT2D eigenvalue weighted by atomic mass is 16.6. The number of fused-ring (bicyclic) bond motifs is 4. The van der Waals surface area contributed by atoms with Crippen LogP contribution >= 0.6 is 0 Å². The third-order valence-electron chi connectivity index (χ3n) is 9.25. The van der Waals surface area contributed by atoms with Crippen LogP contribution in [0.15, 0.2) is 11.6 Å². The second-order valence-electron chi connectivity index (χ2n) is 12.8. The Bertz CT molecular complexity index is 714. The van der Waals surface area contributed by atoms with Crippen LogP contribution in [0, 0.1) is 34.0 Å². The van der Waals surface area contributed by atoms with E-state index in [1.165, 1.54) is 51.9 Å². The summed E-state index contributed by atoms with van der Waals surface area (Å²) in [5.74, 6) is 1.14. The first-order valence-electron chi connectivity index (χ1n) is 12.2. The van der Waals surface area contributed by atoms with Gasteiger partial charge in [0.25, 0.3) is 0 Å². The van der Waals surface area contributed by atoms with Gasteiger partial charge in [0, 0.05) is 5.92 Å². The van der Waals surface area contributed by atoms with E-state index in [0.29, 0.717) is 22.7 Å². The molecular weight excluding hydrogens is 360 g/mol.